The van der Waals surface area contributed by atoms with Gasteiger partial charge >= 0.3 is 0 Å². The van der Waals surface area contributed by atoms with Crippen molar-refractivity contribution in [2.45, 2.75) is 46.3 Å². The third kappa shape index (κ3) is 4.36. The quantitative estimate of drug-likeness (QED) is 0.780. The van der Waals surface area contributed by atoms with Gasteiger partial charge in [-0.2, -0.15) is 11.8 Å². The molecular formula is C16H32N2OS. The molecule has 20 heavy (non-hydrogen) atoms. The summed E-state index contributed by atoms with van der Waals surface area (Å²) in [6.07, 6.45) is 1.61. The fourth-order valence-electron chi connectivity index (χ4n) is 3.04. The molecule has 2 atom stereocenters. The van der Waals surface area contributed by atoms with E-state index in [9.17, 15) is 0 Å². The molecular weight excluding hydrogens is 268 g/mol. The first-order chi connectivity index (χ1) is 9.50. The molecule has 1 aliphatic carbocycles. The molecule has 1 saturated carbocycles. The van der Waals surface area contributed by atoms with Gasteiger partial charge < -0.3 is 15.0 Å². The SMILES string of the molecule is CC(C)COC1CC(NCCN2CCSCC2)C1(C)C. The zero-order chi connectivity index (χ0) is 14.6. The van der Waals surface area contributed by atoms with Crippen molar-refractivity contribution in [2.75, 3.05) is 44.3 Å². The molecule has 0 spiro atoms. The Bertz CT molecular complexity index is 290. The molecule has 1 N–H and O–H groups in total. The van der Waals surface area contributed by atoms with Gasteiger partial charge in [0, 0.05) is 55.7 Å². The third-order valence-corrected chi connectivity index (χ3v) is 5.67. The van der Waals surface area contributed by atoms with Crippen molar-refractivity contribution in [1.82, 2.24) is 10.2 Å². The zero-order valence-corrected chi connectivity index (χ0v) is 14.5. The van der Waals surface area contributed by atoms with Crippen molar-refractivity contribution < 1.29 is 4.74 Å². The first-order valence-corrected chi connectivity index (χ1v) is 9.30. The molecule has 0 radical (unpaired) electrons. The molecule has 1 aliphatic heterocycles. The van der Waals surface area contributed by atoms with Gasteiger partial charge in [-0.25, -0.2) is 0 Å². The second-order valence-corrected chi connectivity index (χ2v) is 8.46. The fourth-order valence-corrected chi connectivity index (χ4v) is 4.02. The predicted octanol–water partition coefficient (Wildman–Crippen LogP) is 2.46. The molecule has 1 saturated heterocycles. The van der Waals surface area contributed by atoms with E-state index in [1.165, 1.54) is 37.6 Å². The van der Waals surface area contributed by atoms with E-state index in [2.05, 4.69) is 49.7 Å². The molecule has 0 aromatic carbocycles. The van der Waals surface area contributed by atoms with Gasteiger partial charge in [-0.3, -0.25) is 0 Å². The Hall–Kier alpha value is 0.230. The summed E-state index contributed by atoms with van der Waals surface area (Å²) in [6, 6.07) is 0.624. The van der Waals surface area contributed by atoms with Gasteiger partial charge in [0.2, 0.25) is 0 Å². The highest BCUT2D eigenvalue weighted by atomic mass is 32.2. The van der Waals surface area contributed by atoms with Crippen LogP contribution in [0.3, 0.4) is 0 Å². The Kier molecular flexibility index (Phi) is 6.21. The lowest BCUT2D eigenvalue weighted by Gasteiger charge is -2.52. The summed E-state index contributed by atoms with van der Waals surface area (Å²) in [7, 11) is 0. The van der Waals surface area contributed by atoms with Crippen LogP contribution < -0.4 is 5.32 Å². The number of thioether (sulfide) groups is 1. The first kappa shape index (κ1) is 16.6. The van der Waals surface area contributed by atoms with E-state index in [1.54, 1.807) is 0 Å². The van der Waals surface area contributed by atoms with Gasteiger partial charge in [0.15, 0.2) is 0 Å². The summed E-state index contributed by atoms with van der Waals surface area (Å²) in [5.41, 5.74) is 0.284. The standard InChI is InChI=1S/C16H32N2OS/c1-13(2)12-19-15-11-14(16(15,3)4)17-5-6-18-7-9-20-10-8-18/h13-15,17H,5-12H2,1-4H3. The van der Waals surface area contributed by atoms with Gasteiger partial charge in [0.25, 0.3) is 0 Å². The molecule has 118 valence electrons. The van der Waals surface area contributed by atoms with Crippen molar-refractivity contribution in [2.24, 2.45) is 11.3 Å². The first-order valence-electron chi connectivity index (χ1n) is 8.15. The fraction of sp³-hybridized carbons (Fsp3) is 1.00. The highest BCUT2D eigenvalue weighted by Gasteiger charge is 2.48. The molecule has 0 aromatic rings. The molecule has 0 aromatic heterocycles. The van der Waals surface area contributed by atoms with E-state index in [-0.39, 0.29) is 5.41 Å². The van der Waals surface area contributed by atoms with Crippen LogP contribution in [0.4, 0.5) is 0 Å². The maximum atomic E-state index is 6.03. The van der Waals surface area contributed by atoms with E-state index in [4.69, 9.17) is 4.74 Å². The molecule has 2 rings (SSSR count). The lowest BCUT2D eigenvalue weighted by molar-refractivity contribution is -0.123. The highest BCUT2D eigenvalue weighted by Crippen LogP contribution is 2.42. The normalized spacial score (nSPS) is 30.4. The molecule has 2 fully saturated rings. The minimum atomic E-state index is 0.284. The lowest BCUT2D eigenvalue weighted by atomic mass is 9.64. The minimum absolute atomic E-state index is 0.284. The molecule has 2 aliphatic rings. The summed E-state index contributed by atoms with van der Waals surface area (Å²) in [4.78, 5) is 2.59. The van der Waals surface area contributed by atoms with Crippen LogP contribution in [0.15, 0.2) is 0 Å². The van der Waals surface area contributed by atoms with Crippen LogP contribution in [0.5, 0.6) is 0 Å². The van der Waals surface area contributed by atoms with Crippen LogP contribution in [0.25, 0.3) is 0 Å². The Balaban J connectivity index is 1.62. The van der Waals surface area contributed by atoms with Crippen LogP contribution in [0.1, 0.15) is 34.1 Å². The Labute approximate surface area is 129 Å². The number of hydrogen-bond acceptors (Lipinski definition) is 4. The predicted molar refractivity (Wildman–Crippen MR) is 88.5 cm³/mol. The third-order valence-electron chi connectivity index (χ3n) is 4.73. The lowest BCUT2D eigenvalue weighted by Crippen LogP contribution is -2.61. The molecule has 0 amide bonds. The van der Waals surface area contributed by atoms with E-state index in [1.807, 2.05) is 0 Å². The molecule has 4 heteroatoms. The van der Waals surface area contributed by atoms with Crippen molar-refractivity contribution in [3.8, 4) is 0 Å². The van der Waals surface area contributed by atoms with Gasteiger partial charge in [-0.1, -0.05) is 27.7 Å². The maximum Gasteiger partial charge on any atom is 0.0656 e. The van der Waals surface area contributed by atoms with Crippen LogP contribution in [-0.2, 0) is 4.74 Å². The zero-order valence-electron chi connectivity index (χ0n) is 13.7. The molecule has 0 bridgehead atoms. The largest absolute Gasteiger partial charge is 0.377 e. The maximum absolute atomic E-state index is 6.03. The van der Waals surface area contributed by atoms with Gasteiger partial charge in [-0.15, -0.1) is 0 Å². The topological polar surface area (TPSA) is 24.5 Å². The average molecular weight is 301 g/mol. The van der Waals surface area contributed by atoms with Crippen molar-refractivity contribution in [1.29, 1.82) is 0 Å². The van der Waals surface area contributed by atoms with Gasteiger partial charge in [-0.05, 0) is 12.3 Å². The van der Waals surface area contributed by atoms with Crippen molar-refractivity contribution in [3.63, 3.8) is 0 Å². The van der Waals surface area contributed by atoms with Crippen molar-refractivity contribution >= 4 is 11.8 Å². The number of hydrogen-bond donors (Lipinski definition) is 1. The Morgan fingerprint density at radius 3 is 2.60 bits per heavy atom. The van der Waals surface area contributed by atoms with Crippen LogP contribution >= 0.6 is 11.8 Å². The molecule has 1 heterocycles. The second-order valence-electron chi connectivity index (χ2n) is 7.23. The van der Waals surface area contributed by atoms with Gasteiger partial charge in [0.1, 0.15) is 0 Å². The summed E-state index contributed by atoms with van der Waals surface area (Å²) in [5, 5.41) is 3.75. The van der Waals surface area contributed by atoms with Crippen LogP contribution in [-0.4, -0.2) is 61.3 Å². The summed E-state index contributed by atoms with van der Waals surface area (Å²) >= 11 is 2.08. The highest BCUT2D eigenvalue weighted by molar-refractivity contribution is 7.99. The van der Waals surface area contributed by atoms with E-state index in [0.29, 0.717) is 18.1 Å². The smallest absolute Gasteiger partial charge is 0.0656 e. The summed E-state index contributed by atoms with van der Waals surface area (Å²) in [5.74, 6) is 3.25. The van der Waals surface area contributed by atoms with Crippen molar-refractivity contribution in [3.05, 3.63) is 0 Å². The van der Waals surface area contributed by atoms with E-state index >= 15 is 0 Å². The average Bonchev–Trinajstić information content (AvgIpc) is 2.42. The second kappa shape index (κ2) is 7.48. The monoisotopic (exact) mass is 300 g/mol. The molecule has 3 nitrogen and oxygen atoms in total. The molecule has 2 unspecified atom stereocenters. The van der Waals surface area contributed by atoms with E-state index < -0.39 is 0 Å². The summed E-state index contributed by atoms with van der Waals surface area (Å²) in [6.45, 7) is 14.9. The van der Waals surface area contributed by atoms with Crippen LogP contribution in [0.2, 0.25) is 0 Å². The number of nitrogens with one attached hydrogen (secondary N) is 1. The number of nitrogens with zero attached hydrogens (tertiary/aromatic N) is 1. The number of rotatable bonds is 7. The summed E-state index contributed by atoms with van der Waals surface area (Å²) < 4.78 is 6.03. The minimum Gasteiger partial charge on any atom is -0.377 e. The Morgan fingerprint density at radius 2 is 2.00 bits per heavy atom. The number of ether oxygens (including phenoxy) is 1. The van der Waals surface area contributed by atoms with E-state index in [0.717, 1.165) is 13.2 Å². The van der Waals surface area contributed by atoms with Gasteiger partial charge in [0.05, 0.1) is 6.10 Å². The van der Waals surface area contributed by atoms with Crippen LogP contribution in [0, 0.1) is 11.3 Å². The Morgan fingerprint density at radius 1 is 1.30 bits per heavy atom.